The van der Waals surface area contributed by atoms with Crippen molar-refractivity contribution in [2.24, 2.45) is 0 Å². The van der Waals surface area contributed by atoms with Crippen molar-refractivity contribution >= 4 is 35.1 Å². The van der Waals surface area contributed by atoms with E-state index in [1.807, 2.05) is 37.3 Å². The molecule has 2 aliphatic rings. The van der Waals surface area contributed by atoms with Gasteiger partial charge in [0.1, 0.15) is 11.4 Å². The van der Waals surface area contributed by atoms with Gasteiger partial charge < -0.3 is 19.9 Å². The van der Waals surface area contributed by atoms with Crippen LogP contribution in [0.25, 0.3) is 6.08 Å². The van der Waals surface area contributed by atoms with E-state index in [0.717, 1.165) is 41.3 Å². The largest absolute Gasteiger partial charge is 0.497 e. The molecule has 7 heteroatoms. The van der Waals surface area contributed by atoms with Crippen molar-refractivity contribution in [2.45, 2.75) is 46.7 Å². The Hall–Kier alpha value is -3.48. The molecule has 3 amide bonds. The van der Waals surface area contributed by atoms with E-state index in [2.05, 4.69) is 48.9 Å². The van der Waals surface area contributed by atoms with Crippen LogP contribution >= 0.6 is 0 Å². The minimum Gasteiger partial charge on any atom is -0.497 e. The molecule has 174 valence electrons. The number of carbonyl (C=O) groups excluding carboxylic acids is 2. The van der Waals surface area contributed by atoms with Crippen LogP contribution in [-0.2, 0) is 4.79 Å². The lowest BCUT2D eigenvalue weighted by Crippen LogP contribution is -2.47. The van der Waals surface area contributed by atoms with E-state index in [1.54, 1.807) is 13.2 Å². The first-order chi connectivity index (χ1) is 15.7. The summed E-state index contributed by atoms with van der Waals surface area (Å²) < 4.78 is 5.19. The molecule has 1 N–H and O–H groups in total. The third-order valence-electron chi connectivity index (χ3n) is 6.29. The summed E-state index contributed by atoms with van der Waals surface area (Å²) in [5.74, 6) is 0.377. The van der Waals surface area contributed by atoms with Crippen LogP contribution in [0.4, 0.5) is 21.9 Å². The summed E-state index contributed by atoms with van der Waals surface area (Å²) in [6, 6.07) is 11.7. The van der Waals surface area contributed by atoms with Crippen LogP contribution in [0.5, 0.6) is 5.75 Å². The van der Waals surface area contributed by atoms with E-state index < -0.39 is 6.03 Å². The zero-order valence-corrected chi connectivity index (χ0v) is 20.2. The smallest absolute Gasteiger partial charge is 0.333 e. The SMILES string of the molecule is COc1ccc(C=C2NC(=O)N(c3cc4c(cc3C)N(C(C)C)CCN4C(C)C)C2=O)cc1. The molecule has 33 heavy (non-hydrogen) atoms. The molecule has 0 aliphatic carbocycles. The predicted molar refractivity (Wildman–Crippen MR) is 133 cm³/mol. The highest BCUT2D eigenvalue weighted by Crippen LogP contribution is 2.41. The number of urea groups is 1. The number of hydrogen-bond acceptors (Lipinski definition) is 5. The fraction of sp³-hybridized carbons (Fsp3) is 0.385. The van der Waals surface area contributed by atoms with Crippen LogP contribution in [0.2, 0.25) is 0 Å². The Labute approximate surface area is 195 Å². The molecule has 0 spiro atoms. The molecule has 1 saturated heterocycles. The molecule has 2 heterocycles. The number of nitrogens with zero attached hydrogens (tertiary/aromatic N) is 3. The number of amides is 3. The van der Waals surface area contributed by atoms with Gasteiger partial charge in [-0.25, -0.2) is 9.69 Å². The van der Waals surface area contributed by atoms with E-state index in [9.17, 15) is 9.59 Å². The van der Waals surface area contributed by atoms with Crippen LogP contribution < -0.4 is 24.8 Å². The third-order valence-corrected chi connectivity index (χ3v) is 6.29. The molecule has 0 unspecified atom stereocenters. The maximum Gasteiger partial charge on any atom is 0.333 e. The second-order valence-corrected chi connectivity index (χ2v) is 9.10. The number of benzene rings is 2. The Morgan fingerprint density at radius 3 is 2.03 bits per heavy atom. The van der Waals surface area contributed by atoms with Crippen molar-refractivity contribution in [3.63, 3.8) is 0 Å². The molecular formula is C26H32N4O3. The Balaban J connectivity index is 1.72. The number of carbonyl (C=O) groups is 2. The fourth-order valence-electron chi connectivity index (χ4n) is 4.52. The number of aryl methyl sites for hydroxylation is 1. The molecule has 0 bridgehead atoms. The van der Waals surface area contributed by atoms with Gasteiger partial charge >= 0.3 is 6.03 Å². The average molecular weight is 449 g/mol. The molecular weight excluding hydrogens is 416 g/mol. The monoisotopic (exact) mass is 448 g/mol. The predicted octanol–water partition coefficient (Wildman–Crippen LogP) is 4.54. The number of hydrogen-bond donors (Lipinski definition) is 1. The summed E-state index contributed by atoms with van der Waals surface area (Å²) in [6.07, 6.45) is 1.69. The van der Waals surface area contributed by atoms with E-state index in [1.165, 1.54) is 4.90 Å². The summed E-state index contributed by atoms with van der Waals surface area (Å²) in [5, 5.41) is 2.74. The summed E-state index contributed by atoms with van der Waals surface area (Å²) in [5.41, 5.74) is 4.77. The minimum absolute atomic E-state index is 0.256. The summed E-state index contributed by atoms with van der Waals surface area (Å²) >= 11 is 0. The van der Waals surface area contributed by atoms with Gasteiger partial charge in [0.05, 0.1) is 24.2 Å². The van der Waals surface area contributed by atoms with E-state index >= 15 is 0 Å². The van der Waals surface area contributed by atoms with E-state index in [0.29, 0.717) is 17.8 Å². The molecule has 0 aromatic heterocycles. The van der Waals surface area contributed by atoms with Crippen LogP contribution in [0, 0.1) is 6.92 Å². The lowest BCUT2D eigenvalue weighted by Gasteiger charge is -2.43. The van der Waals surface area contributed by atoms with Gasteiger partial charge in [0.15, 0.2) is 0 Å². The molecule has 2 aromatic carbocycles. The average Bonchev–Trinajstić information content (AvgIpc) is 3.05. The first-order valence-electron chi connectivity index (χ1n) is 11.4. The second kappa shape index (κ2) is 8.81. The van der Waals surface area contributed by atoms with Gasteiger partial charge in [-0.15, -0.1) is 0 Å². The number of anilines is 3. The standard InChI is InChI=1S/C26H32N4O3/c1-16(2)28-11-12-29(17(3)4)24-15-22(18(5)13-23(24)28)30-25(31)21(27-26(30)32)14-19-7-9-20(33-6)10-8-19/h7-10,13-17H,11-12H2,1-6H3,(H,27,32). The van der Waals surface area contributed by atoms with Gasteiger partial charge in [-0.2, -0.15) is 0 Å². The number of fused-ring (bicyclic) bond motifs is 1. The van der Waals surface area contributed by atoms with E-state index in [-0.39, 0.29) is 11.6 Å². The lowest BCUT2D eigenvalue weighted by molar-refractivity contribution is -0.113. The topological polar surface area (TPSA) is 65.1 Å². The van der Waals surface area contributed by atoms with Gasteiger partial charge in [-0.1, -0.05) is 12.1 Å². The Bertz CT molecular complexity index is 1110. The van der Waals surface area contributed by atoms with Gasteiger partial charge in [0, 0.05) is 25.2 Å². The normalized spacial score (nSPS) is 17.3. The zero-order valence-electron chi connectivity index (χ0n) is 20.2. The number of nitrogens with one attached hydrogen (secondary N) is 1. The summed E-state index contributed by atoms with van der Waals surface area (Å²) in [7, 11) is 1.60. The van der Waals surface area contributed by atoms with Crippen molar-refractivity contribution in [3.05, 3.63) is 53.2 Å². The summed E-state index contributed by atoms with van der Waals surface area (Å²) in [6.45, 7) is 12.5. The minimum atomic E-state index is -0.435. The van der Waals surface area contributed by atoms with Crippen LogP contribution in [0.3, 0.4) is 0 Å². The Morgan fingerprint density at radius 2 is 1.48 bits per heavy atom. The quantitative estimate of drug-likeness (QED) is 0.537. The highest BCUT2D eigenvalue weighted by Gasteiger charge is 2.37. The van der Waals surface area contributed by atoms with Gasteiger partial charge in [-0.05, 0) is 76.1 Å². The maximum atomic E-state index is 13.3. The molecule has 7 nitrogen and oxygen atoms in total. The maximum absolute atomic E-state index is 13.3. The van der Waals surface area contributed by atoms with Crippen molar-refractivity contribution in [1.29, 1.82) is 0 Å². The number of rotatable bonds is 5. The van der Waals surface area contributed by atoms with Gasteiger partial charge in [0.2, 0.25) is 0 Å². The molecule has 0 atom stereocenters. The fourth-order valence-corrected chi connectivity index (χ4v) is 4.52. The highest BCUT2D eigenvalue weighted by atomic mass is 16.5. The molecule has 2 aromatic rings. The Kier molecular flexibility index (Phi) is 6.06. The summed E-state index contributed by atoms with van der Waals surface area (Å²) in [4.78, 5) is 32.1. The molecule has 4 rings (SSSR count). The van der Waals surface area contributed by atoms with Crippen molar-refractivity contribution in [1.82, 2.24) is 5.32 Å². The van der Waals surface area contributed by atoms with Gasteiger partial charge in [-0.3, -0.25) is 4.79 Å². The van der Waals surface area contributed by atoms with E-state index in [4.69, 9.17) is 4.74 Å². The number of methoxy groups -OCH3 is 1. The van der Waals surface area contributed by atoms with Crippen molar-refractivity contribution < 1.29 is 14.3 Å². The zero-order chi connectivity index (χ0) is 23.9. The number of imide groups is 1. The van der Waals surface area contributed by atoms with Crippen LogP contribution in [0.15, 0.2) is 42.1 Å². The van der Waals surface area contributed by atoms with Crippen LogP contribution in [-0.4, -0.2) is 44.2 Å². The molecule has 0 saturated carbocycles. The molecule has 2 aliphatic heterocycles. The first-order valence-corrected chi connectivity index (χ1v) is 11.4. The van der Waals surface area contributed by atoms with Gasteiger partial charge in [0.25, 0.3) is 5.91 Å². The molecule has 0 radical (unpaired) electrons. The lowest BCUT2D eigenvalue weighted by atomic mass is 10.0. The first kappa shape index (κ1) is 22.7. The second-order valence-electron chi connectivity index (χ2n) is 9.10. The molecule has 1 fully saturated rings. The van der Waals surface area contributed by atoms with Crippen molar-refractivity contribution in [2.75, 3.05) is 34.9 Å². The third kappa shape index (κ3) is 4.15. The van der Waals surface area contributed by atoms with Crippen LogP contribution in [0.1, 0.15) is 38.8 Å². The Morgan fingerprint density at radius 1 is 0.909 bits per heavy atom. The highest BCUT2D eigenvalue weighted by molar-refractivity contribution is 6.28. The van der Waals surface area contributed by atoms with Crippen molar-refractivity contribution in [3.8, 4) is 5.75 Å². The number of ether oxygens (including phenoxy) is 1.